The van der Waals surface area contributed by atoms with Gasteiger partial charge in [0, 0.05) is 23.8 Å². The summed E-state index contributed by atoms with van der Waals surface area (Å²) < 4.78 is 0. The van der Waals surface area contributed by atoms with Gasteiger partial charge in [0.05, 0.1) is 0 Å². The SMILES string of the molecule is Cc1c(Cl)cccc1NC(=O)c1cccc(C(=O)N2CCC(C)CC2)n1. The van der Waals surface area contributed by atoms with Crippen LogP contribution in [0.25, 0.3) is 0 Å². The minimum absolute atomic E-state index is 0.120. The van der Waals surface area contributed by atoms with E-state index >= 15 is 0 Å². The number of piperidine rings is 1. The third kappa shape index (κ3) is 4.05. The molecule has 136 valence electrons. The Kier molecular flexibility index (Phi) is 5.57. The number of halogens is 1. The molecule has 0 saturated carbocycles. The molecule has 3 rings (SSSR count). The standard InChI is InChI=1S/C20H22ClN3O2/c1-13-9-11-24(12-10-13)20(26)18-8-4-7-17(22-18)19(25)23-16-6-3-5-15(21)14(16)2/h3-8,13H,9-12H2,1-2H3,(H,23,25). The number of rotatable bonds is 3. The number of amides is 2. The first-order valence-electron chi connectivity index (χ1n) is 8.78. The van der Waals surface area contributed by atoms with Crippen molar-refractivity contribution in [2.45, 2.75) is 26.7 Å². The Morgan fingerprint density at radius 1 is 1.12 bits per heavy atom. The highest BCUT2D eigenvalue weighted by atomic mass is 35.5. The number of benzene rings is 1. The summed E-state index contributed by atoms with van der Waals surface area (Å²) in [6.07, 6.45) is 2.00. The van der Waals surface area contributed by atoms with Crippen LogP contribution in [0.5, 0.6) is 0 Å². The fourth-order valence-corrected chi connectivity index (χ4v) is 3.16. The largest absolute Gasteiger partial charge is 0.337 e. The Morgan fingerprint density at radius 2 is 1.77 bits per heavy atom. The maximum Gasteiger partial charge on any atom is 0.274 e. The summed E-state index contributed by atoms with van der Waals surface area (Å²) in [5.41, 5.74) is 1.93. The number of anilines is 1. The average Bonchev–Trinajstić information content (AvgIpc) is 2.65. The van der Waals surface area contributed by atoms with Crippen molar-refractivity contribution in [3.05, 3.63) is 58.4 Å². The van der Waals surface area contributed by atoms with E-state index in [4.69, 9.17) is 11.6 Å². The number of nitrogens with one attached hydrogen (secondary N) is 1. The molecule has 0 radical (unpaired) electrons. The molecule has 1 aliphatic heterocycles. The molecule has 0 atom stereocenters. The zero-order valence-corrected chi connectivity index (χ0v) is 15.7. The van der Waals surface area contributed by atoms with Gasteiger partial charge in [-0.3, -0.25) is 9.59 Å². The average molecular weight is 372 g/mol. The number of nitrogens with zero attached hydrogens (tertiary/aromatic N) is 2. The van der Waals surface area contributed by atoms with Crippen molar-refractivity contribution >= 4 is 29.1 Å². The predicted octanol–water partition coefficient (Wildman–Crippen LogP) is 4.17. The molecule has 26 heavy (non-hydrogen) atoms. The second-order valence-electron chi connectivity index (χ2n) is 6.75. The third-order valence-corrected chi connectivity index (χ3v) is 5.20. The fraction of sp³-hybridized carbons (Fsp3) is 0.350. The molecule has 0 unspecified atom stereocenters. The van der Waals surface area contributed by atoms with Crippen molar-refractivity contribution < 1.29 is 9.59 Å². The number of hydrogen-bond acceptors (Lipinski definition) is 3. The smallest absolute Gasteiger partial charge is 0.274 e. The van der Waals surface area contributed by atoms with Crippen molar-refractivity contribution in [2.24, 2.45) is 5.92 Å². The van der Waals surface area contributed by atoms with E-state index in [0.717, 1.165) is 31.5 Å². The van der Waals surface area contributed by atoms with Gasteiger partial charge in [-0.25, -0.2) is 4.98 Å². The minimum atomic E-state index is -0.364. The lowest BCUT2D eigenvalue weighted by Crippen LogP contribution is -2.38. The van der Waals surface area contributed by atoms with Crippen LogP contribution < -0.4 is 5.32 Å². The summed E-state index contributed by atoms with van der Waals surface area (Å²) in [4.78, 5) is 31.3. The highest BCUT2D eigenvalue weighted by molar-refractivity contribution is 6.31. The Balaban J connectivity index is 1.75. The minimum Gasteiger partial charge on any atom is -0.337 e. The normalized spacial score (nSPS) is 15.0. The maximum atomic E-state index is 12.7. The quantitative estimate of drug-likeness (QED) is 0.880. The van der Waals surface area contributed by atoms with Crippen LogP contribution in [0.1, 0.15) is 46.3 Å². The van der Waals surface area contributed by atoms with Gasteiger partial charge in [-0.1, -0.05) is 30.7 Å². The monoisotopic (exact) mass is 371 g/mol. The maximum absolute atomic E-state index is 12.7. The van der Waals surface area contributed by atoms with Crippen LogP contribution in [0, 0.1) is 12.8 Å². The van der Waals surface area contributed by atoms with Gasteiger partial charge in [0.2, 0.25) is 0 Å². The third-order valence-electron chi connectivity index (χ3n) is 4.79. The summed E-state index contributed by atoms with van der Waals surface area (Å²) in [5.74, 6) is 0.160. The number of pyridine rings is 1. The van der Waals surface area contributed by atoms with Crippen LogP contribution >= 0.6 is 11.6 Å². The van der Waals surface area contributed by atoms with Gasteiger partial charge in [0.25, 0.3) is 11.8 Å². The van der Waals surface area contributed by atoms with Crippen LogP contribution in [0.4, 0.5) is 5.69 Å². The first-order valence-corrected chi connectivity index (χ1v) is 9.16. The van der Waals surface area contributed by atoms with Crippen molar-refractivity contribution in [2.75, 3.05) is 18.4 Å². The summed E-state index contributed by atoms with van der Waals surface area (Å²) in [6, 6.07) is 10.3. The molecule has 2 heterocycles. The molecule has 1 fully saturated rings. The zero-order valence-electron chi connectivity index (χ0n) is 15.0. The molecular weight excluding hydrogens is 350 g/mol. The molecule has 5 nitrogen and oxygen atoms in total. The van der Waals surface area contributed by atoms with Crippen molar-refractivity contribution in [1.29, 1.82) is 0 Å². The Hall–Kier alpha value is -2.40. The van der Waals surface area contributed by atoms with E-state index in [1.54, 1.807) is 36.4 Å². The molecule has 0 bridgehead atoms. The summed E-state index contributed by atoms with van der Waals surface area (Å²) in [5, 5.41) is 3.39. The molecule has 0 aliphatic carbocycles. The number of hydrogen-bond donors (Lipinski definition) is 1. The number of aromatic nitrogens is 1. The molecule has 1 aliphatic rings. The van der Waals surface area contributed by atoms with E-state index in [1.807, 2.05) is 11.8 Å². The fourth-order valence-electron chi connectivity index (χ4n) is 2.98. The van der Waals surface area contributed by atoms with Gasteiger partial charge in [-0.15, -0.1) is 0 Å². The molecule has 2 aromatic rings. The van der Waals surface area contributed by atoms with Crippen LogP contribution in [-0.4, -0.2) is 34.8 Å². The van der Waals surface area contributed by atoms with Crippen LogP contribution in [0.3, 0.4) is 0 Å². The van der Waals surface area contributed by atoms with Crippen LogP contribution in [0.2, 0.25) is 5.02 Å². The van der Waals surface area contributed by atoms with E-state index in [9.17, 15) is 9.59 Å². The highest BCUT2D eigenvalue weighted by Gasteiger charge is 2.23. The number of carbonyl (C=O) groups is 2. The van der Waals surface area contributed by atoms with E-state index < -0.39 is 0 Å². The lowest BCUT2D eigenvalue weighted by atomic mass is 9.99. The first-order chi connectivity index (χ1) is 12.5. The lowest BCUT2D eigenvalue weighted by Gasteiger charge is -2.30. The molecule has 1 aromatic carbocycles. The Morgan fingerprint density at radius 3 is 2.50 bits per heavy atom. The van der Waals surface area contributed by atoms with Crippen LogP contribution in [-0.2, 0) is 0 Å². The molecule has 1 saturated heterocycles. The molecule has 6 heteroatoms. The second-order valence-corrected chi connectivity index (χ2v) is 7.16. The lowest BCUT2D eigenvalue weighted by molar-refractivity contribution is 0.0691. The summed E-state index contributed by atoms with van der Waals surface area (Å²) in [6.45, 7) is 5.51. The van der Waals surface area contributed by atoms with E-state index in [2.05, 4.69) is 17.2 Å². The Labute approximate surface area is 158 Å². The van der Waals surface area contributed by atoms with E-state index in [0.29, 0.717) is 22.3 Å². The van der Waals surface area contributed by atoms with Gasteiger partial charge in [-0.2, -0.15) is 0 Å². The number of carbonyl (C=O) groups excluding carboxylic acids is 2. The van der Waals surface area contributed by atoms with Gasteiger partial charge in [-0.05, 0) is 55.5 Å². The van der Waals surface area contributed by atoms with E-state index in [1.165, 1.54) is 0 Å². The van der Waals surface area contributed by atoms with Gasteiger partial charge in [0.1, 0.15) is 11.4 Å². The molecule has 1 N–H and O–H groups in total. The van der Waals surface area contributed by atoms with E-state index in [-0.39, 0.29) is 17.5 Å². The second kappa shape index (κ2) is 7.87. The Bertz CT molecular complexity index is 830. The van der Waals surface area contributed by atoms with Crippen molar-refractivity contribution in [3.63, 3.8) is 0 Å². The molecule has 1 aromatic heterocycles. The van der Waals surface area contributed by atoms with Crippen molar-refractivity contribution in [1.82, 2.24) is 9.88 Å². The van der Waals surface area contributed by atoms with Crippen LogP contribution in [0.15, 0.2) is 36.4 Å². The zero-order chi connectivity index (χ0) is 18.7. The van der Waals surface area contributed by atoms with Gasteiger partial charge < -0.3 is 10.2 Å². The van der Waals surface area contributed by atoms with Crippen molar-refractivity contribution in [3.8, 4) is 0 Å². The molecule has 0 spiro atoms. The summed E-state index contributed by atoms with van der Waals surface area (Å²) >= 11 is 6.09. The topological polar surface area (TPSA) is 62.3 Å². The highest BCUT2D eigenvalue weighted by Crippen LogP contribution is 2.23. The predicted molar refractivity (Wildman–Crippen MR) is 103 cm³/mol. The van der Waals surface area contributed by atoms with Gasteiger partial charge >= 0.3 is 0 Å². The molecular formula is C20H22ClN3O2. The summed E-state index contributed by atoms with van der Waals surface area (Å²) in [7, 11) is 0. The molecule has 2 amide bonds. The number of likely N-dealkylation sites (tertiary alicyclic amines) is 1. The van der Waals surface area contributed by atoms with Gasteiger partial charge in [0.15, 0.2) is 0 Å². The first kappa shape index (κ1) is 18.4.